The second-order valence-electron chi connectivity index (χ2n) is 5.87. The van der Waals surface area contributed by atoms with E-state index in [1.807, 2.05) is 13.0 Å². The normalized spacial score (nSPS) is 27.8. The van der Waals surface area contributed by atoms with Gasteiger partial charge in [0.25, 0.3) is 0 Å². The van der Waals surface area contributed by atoms with Crippen LogP contribution in [-0.4, -0.2) is 35.8 Å². The Morgan fingerprint density at radius 2 is 2.27 bits per heavy atom. The summed E-state index contributed by atoms with van der Waals surface area (Å²) in [6, 6.07) is 3.64. The maximum Gasteiger partial charge on any atom is 0.415 e. The minimum absolute atomic E-state index is 0.0725. The van der Waals surface area contributed by atoms with Gasteiger partial charge in [0, 0.05) is 6.20 Å². The second-order valence-corrected chi connectivity index (χ2v) is 5.87. The van der Waals surface area contributed by atoms with Crippen LogP contribution < -0.4 is 4.90 Å². The standard InChI is InChI=1S/C16H20N2O4/c1-2-21-14(19)12-5-7-16(8-6-12)11-18(15(20)22-16)13-4-3-9-17-10-13/h3-4,9-10,12H,2,5-8,11H2,1H3/t12-,16+. The molecule has 2 fully saturated rings. The molecule has 118 valence electrons. The predicted octanol–water partition coefficient (Wildman–Crippen LogP) is 2.53. The molecule has 1 aromatic heterocycles. The lowest BCUT2D eigenvalue weighted by atomic mass is 9.78. The van der Waals surface area contributed by atoms with Crippen molar-refractivity contribution in [3.8, 4) is 0 Å². The molecule has 1 amide bonds. The molecule has 0 radical (unpaired) electrons. The molecule has 2 heterocycles. The quantitative estimate of drug-likeness (QED) is 0.803. The summed E-state index contributed by atoms with van der Waals surface area (Å²) < 4.78 is 10.7. The molecule has 0 aromatic carbocycles. The van der Waals surface area contributed by atoms with Gasteiger partial charge in [0.15, 0.2) is 0 Å². The van der Waals surface area contributed by atoms with Crippen LogP contribution in [0.5, 0.6) is 0 Å². The number of esters is 1. The smallest absolute Gasteiger partial charge is 0.415 e. The van der Waals surface area contributed by atoms with Gasteiger partial charge in [-0.1, -0.05) is 0 Å². The van der Waals surface area contributed by atoms with Crippen LogP contribution in [0.25, 0.3) is 0 Å². The molecule has 1 aromatic rings. The van der Waals surface area contributed by atoms with Crippen molar-refractivity contribution in [2.24, 2.45) is 5.92 Å². The molecule has 0 unspecified atom stereocenters. The third kappa shape index (κ3) is 2.77. The topological polar surface area (TPSA) is 68.7 Å². The third-order valence-corrected chi connectivity index (χ3v) is 4.44. The molecule has 2 aliphatic rings. The van der Waals surface area contributed by atoms with Crippen LogP contribution in [-0.2, 0) is 14.3 Å². The summed E-state index contributed by atoms with van der Waals surface area (Å²) in [5, 5.41) is 0. The number of ether oxygens (including phenoxy) is 2. The van der Waals surface area contributed by atoms with Gasteiger partial charge in [-0.3, -0.25) is 14.7 Å². The van der Waals surface area contributed by atoms with E-state index < -0.39 is 5.60 Å². The van der Waals surface area contributed by atoms with Crippen molar-refractivity contribution in [1.29, 1.82) is 0 Å². The monoisotopic (exact) mass is 304 g/mol. The first-order chi connectivity index (χ1) is 10.6. The average Bonchev–Trinajstić information content (AvgIpc) is 2.85. The van der Waals surface area contributed by atoms with E-state index in [4.69, 9.17) is 9.47 Å². The van der Waals surface area contributed by atoms with Gasteiger partial charge in [0.2, 0.25) is 0 Å². The predicted molar refractivity (Wildman–Crippen MR) is 79.4 cm³/mol. The van der Waals surface area contributed by atoms with Crippen LogP contribution in [0.4, 0.5) is 10.5 Å². The fourth-order valence-corrected chi connectivity index (χ4v) is 3.24. The summed E-state index contributed by atoms with van der Waals surface area (Å²) in [5.41, 5.74) is 0.271. The number of hydrogen-bond acceptors (Lipinski definition) is 5. The number of carbonyl (C=O) groups is 2. The molecule has 1 spiro atoms. The molecule has 0 atom stereocenters. The van der Waals surface area contributed by atoms with E-state index in [0.29, 0.717) is 38.8 Å². The fraction of sp³-hybridized carbons (Fsp3) is 0.562. The van der Waals surface area contributed by atoms with Gasteiger partial charge in [-0.25, -0.2) is 4.79 Å². The Kier molecular flexibility index (Phi) is 4.00. The SMILES string of the molecule is CCOC(=O)[C@H]1CC[C@@]2(CC1)CN(c1cccnc1)C(=O)O2. The molecule has 6 heteroatoms. The van der Waals surface area contributed by atoms with Crippen molar-refractivity contribution in [2.45, 2.75) is 38.2 Å². The summed E-state index contributed by atoms with van der Waals surface area (Å²) >= 11 is 0. The minimum atomic E-state index is -0.476. The van der Waals surface area contributed by atoms with Gasteiger partial charge in [-0.15, -0.1) is 0 Å². The molecule has 3 rings (SSSR count). The fourth-order valence-electron chi connectivity index (χ4n) is 3.24. The van der Waals surface area contributed by atoms with Gasteiger partial charge in [0.05, 0.1) is 31.0 Å². The maximum atomic E-state index is 12.2. The van der Waals surface area contributed by atoms with E-state index in [9.17, 15) is 9.59 Å². The van der Waals surface area contributed by atoms with E-state index in [0.717, 1.165) is 5.69 Å². The molecule has 1 aliphatic carbocycles. The number of anilines is 1. The van der Waals surface area contributed by atoms with Crippen molar-refractivity contribution in [3.63, 3.8) is 0 Å². The first-order valence-corrected chi connectivity index (χ1v) is 7.71. The zero-order valence-corrected chi connectivity index (χ0v) is 12.7. The molecule has 0 N–H and O–H groups in total. The zero-order chi connectivity index (χ0) is 15.6. The zero-order valence-electron chi connectivity index (χ0n) is 12.7. The van der Waals surface area contributed by atoms with Gasteiger partial charge < -0.3 is 9.47 Å². The van der Waals surface area contributed by atoms with E-state index >= 15 is 0 Å². The Labute approximate surface area is 129 Å². The molecular weight excluding hydrogens is 284 g/mol. The molecule has 6 nitrogen and oxygen atoms in total. The number of nitrogens with zero attached hydrogens (tertiary/aromatic N) is 2. The Morgan fingerprint density at radius 1 is 1.50 bits per heavy atom. The molecule has 1 saturated carbocycles. The van der Waals surface area contributed by atoms with Crippen molar-refractivity contribution in [3.05, 3.63) is 24.5 Å². The van der Waals surface area contributed by atoms with Gasteiger partial charge >= 0.3 is 12.1 Å². The highest BCUT2D eigenvalue weighted by molar-refractivity contribution is 5.90. The number of carbonyl (C=O) groups excluding carboxylic acids is 2. The van der Waals surface area contributed by atoms with Gasteiger partial charge in [0.1, 0.15) is 5.60 Å². The highest BCUT2D eigenvalue weighted by Gasteiger charge is 2.48. The summed E-state index contributed by atoms with van der Waals surface area (Å²) in [6.07, 6.45) is 5.79. The van der Waals surface area contributed by atoms with E-state index in [-0.39, 0.29) is 18.0 Å². The summed E-state index contributed by atoms with van der Waals surface area (Å²) in [4.78, 5) is 29.6. The summed E-state index contributed by atoms with van der Waals surface area (Å²) in [5.74, 6) is -0.206. The lowest BCUT2D eigenvalue weighted by Gasteiger charge is -2.34. The molecule has 22 heavy (non-hydrogen) atoms. The van der Waals surface area contributed by atoms with E-state index in [1.165, 1.54) is 0 Å². The molecule has 0 bridgehead atoms. The van der Waals surface area contributed by atoms with Crippen LogP contribution >= 0.6 is 0 Å². The number of pyridine rings is 1. The van der Waals surface area contributed by atoms with Crippen molar-refractivity contribution in [1.82, 2.24) is 4.98 Å². The molecular formula is C16H20N2O4. The van der Waals surface area contributed by atoms with Gasteiger partial charge in [-0.2, -0.15) is 0 Å². The number of hydrogen-bond donors (Lipinski definition) is 0. The minimum Gasteiger partial charge on any atom is -0.466 e. The van der Waals surface area contributed by atoms with Crippen LogP contribution in [0, 0.1) is 5.92 Å². The number of rotatable bonds is 3. The Balaban J connectivity index is 1.65. The number of amides is 1. The highest BCUT2D eigenvalue weighted by atomic mass is 16.6. The second kappa shape index (κ2) is 5.94. The van der Waals surface area contributed by atoms with Crippen LogP contribution in [0.3, 0.4) is 0 Å². The number of aromatic nitrogens is 1. The summed E-state index contributed by atoms with van der Waals surface area (Å²) in [6.45, 7) is 2.74. The Morgan fingerprint density at radius 3 is 2.91 bits per heavy atom. The van der Waals surface area contributed by atoms with E-state index in [2.05, 4.69) is 4.98 Å². The van der Waals surface area contributed by atoms with Gasteiger partial charge in [-0.05, 0) is 44.7 Å². The maximum absolute atomic E-state index is 12.2. The van der Waals surface area contributed by atoms with Crippen molar-refractivity contribution in [2.75, 3.05) is 18.1 Å². The average molecular weight is 304 g/mol. The lowest BCUT2D eigenvalue weighted by molar-refractivity contribution is -0.150. The van der Waals surface area contributed by atoms with Crippen molar-refractivity contribution >= 4 is 17.7 Å². The summed E-state index contributed by atoms with van der Waals surface area (Å²) in [7, 11) is 0. The molecule has 1 aliphatic heterocycles. The first-order valence-electron chi connectivity index (χ1n) is 7.71. The van der Waals surface area contributed by atoms with E-state index in [1.54, 1.807) is 23.4 Å². The lowest BCUT2D eigenvalue weighted by Crippen LogP contribution is -2.40. The molecule has 1 saturated heterocycles. The third-order valence-electron chi connectivity index (χ3n) is 4.44. The largest absolute Gasteiger partial charge is 0.466 e. The van der Waals surface area contributed by atoms with Crippen LogP contribution in [0.1, 0.15) is 32.6 Å². The first kappa shape index (κ1) is 14.8. The highest BCUT2D eigenvalue weighted by Crippen LogP contribution is 2.40. The van der Waals surface area contributed by atoms with Crippen LogP contribution in [0.15, 0.2) is 24.5 Å². The van der Waals surface area contributed by atoms with Crippen molar-refractivity contribution < 1.29 is 19.1 Å². The Hall–Kier alpha value is -2.11. The van der Waals surface area contributed by atoms with Crippen LogP contribution in [0.2, 0.25) is 0 Å². The Bertz CT molecular complexity index is 553.